The normalized spacial score (nSPS) is 13.9. The number of hydrogen-bond donors (Lipinski definition) is 2. The lowest BCUT2D eigenvalue weighted by Gasteiger charge is -2.07. The van der Waals surface area contributed by atoms with Gasteiger partial charge in [0.25, 0.3) is 0 Å². The molecule has 2 aliphatic rings. The number of thiophene rings is 1. The van der Waals surface area contributed by atoms with Gasteiger partial charge in [0.05, 0.1) is 18.4 Å². The third-order valence-corrected chi connectivity index (χ3v) is 5.82. The van der Waals surface area contributed by atoms with Crippen molar-refractivity contribution in [1.82, 2.24) is 5.43 Å². The molecule has 2 aromatic rings. The van der Waals surface area contributed by atoms with E-state index in [9.17, 15) is 14.4 Å². The average Bonchev–Trinajstić information content (AvgIpc) is 3.43. The average molecular weight is 429 g/mol. The minimum atomic E-state index is -0.949. The molecule has 2 N–H and O–H groups in total. The molecule has 0 saturated heterocycles. The number of fused-ring (bicyclic) bond motifs is 2. The molecular weight excluding hydrogens is 410 g/mol. The minimum absolute atomic E-state index is 0.159. The number of amides is 2. The molecular formula is C20H19N3O6S. The Morgan fingerprint density at radius 3 is 2.87 bits per heavy atom. The maximum absolute atomic E-state index is 12.3. The number of aryl methyl sites for hydroxylation is 1. The Bertz CT molecular complexity index is 1050. The van der Waals surface area contributed by atoms with Crippen LogP contribution < -0.4 is 20.2 Å². The van der Waals surface area contributed by atoms with Gasteiger partial charge in [-0.2, -0.15) is 5.10 Å². The number of hydrazone groups is 1. The van der Waals surface area contributed by atoms with Crippen molar-refractivity contribution < 1.29 is 28.6 Å². The summed E-state index contributed by atoms with van der Waals surface area (Å²) in [5.41, 5.74) is 4.09. The molecule has 0 radical (unpaired) electrons. The highest BCUT2D eigenvalue weighted by Crippen LogP contribution is 2.39. The van der Waals surface area contributed by atoms with Crippen LogP contribution in [0, 0.1) is 0 Å². The van der Waals surface area contributed by atoms with Crippen molar-refractivity contribution in [2.24, 2.45) is 5.10 Å². The third kappa shape index (κ3) is 3.99. The van der Waals surface area contributed by atoms with Crippen LogP contribution in [0.1, 0.15) is 39.7 Å². The summed E-state index contributed by atoms with van der Waals surface area (Å²) in [6, 6.07) is 5.17. The van der Waals surface area contributed by atoms with Crippen molar-refractivity contribution in [3.8, 4) is 11.5 Å². The summed E-state index contributed by atoms with van der Waals surface area (Å²) in [4.78, 5) is 37.8. The highest BCUT2D eigenvalue weighted by atomic mass is 32.1. The number of rotatable bonds is 5. The van der Waals surface area contributed by atoms with Crippen LogP contribution in [0.2, 0.25) is 0 Å². The minimum Gasteiger partial charge on any atom is -0.462 e. The van der Waals surface area contributed by atoms with Crippen LogP contribution in [0.15, 0.2) is 23.3 Å². The number of ether oxygens (including phenoxy) is 3. The maximum atomic E-state index is 12.3. The largest absolute Gasteiger partial charge is 0.462 e. The smallest absolute Gasteiger partial charge is 0.341 e. The predicted octanol–water partition coefficient (Wildman–Crippen LogP) is 2.23. The fraction of sp³-hybridized carbons (Fsp3) is 0.300. The van der Waals surface area contributed by atoms with Gasteiger partial charge in [-0.15, -0.1) is 11.3 Å². The van der Waals surface area contributed by atoms with Crippen LogP contribution >= 0.6 is 11.3 Å². The van der Waals surface area contributed by atoms with Gasteiger partial charge in [0.1, 0.15) is 5.00 Å². The van der Waals surface area contributed by atoms with E-state index in [0.717, 1.165) is 29.7 Å². The molecule has 1 aliphatic carbocycles. The van der Waals surface area contributed by atoms with Crippen molar-refractivity contribution >= 4 is 40.3 Å². The second-order valence-electron chi connectivity index (χ2n) is 6.55. The van der Waals surface area contributed by atoms with E-state index in [2.05, 4.69) is 15.8 Å². The van der Waals surface area contributed by atoms with Gasteiger partial charge < -0.3 is 19.5 Å². The summed E-state index contributed by atoms with van der Waals surface area (Å²) < 4.78 is 15.6. The van der Waals surface area contributed by atoms with Crippen LogP contribution in [0.3, 0.4) is 0 Å². The number of hydrogen-bond acceptors (Lipinski definition) is 8. The molecule has 2 amide bonds. The molecule has 1 aromatic carbocycles. The van der Waals surface area contributed by atoms with E-state index in [4.69, 9.17) is 14.2 Å². The van der Waals surface area contributed by atoms with Gasteiger partial charge in [-0.1, -0.05) is 0 Å². The lowest BCUT2D eigenvalue weighted by atomic mass is 10.1. The van der Waals surface area contributed by atoms with Crippen LogP contribution in [0.5, 0.6) is 11.5 Å². The van der Waals surface area contributed by atoms with Gasteiger partial charge >= 0.3 is 17.8 Å². The van der Waals surface area contributed by atoms with Gasteiger partial charge in [0.15, 0.2) is 11.5 Å². The van der Waals surface area contributed by atoms with E-state index in [-0.39, 0.29) is 13.4 Å². The second-order valence-corrected chi connectivity index (χ2v) is 7.65. The topological polar surface area (TPSA) is 115 Å². The molecule has 9 nitrogen and oxygen atoms in total. The first-order chi connectivity index (χ1) is 14.6. The Morgan fingerprint density at radius 1 is 1.20 bits per heavy atom. The van der Waals surface area contributed by atoms with Crippen molar-refractivity contribution in [3.63, 3.8) is 0 Å². The maximum Gasteiger partial charge on any atom is 0.341 e. The van der Waals surface area contributed by atoms with Gasteiger partial charge in [0.2, 0.25) is 6.79 Å². The van der Waals surface area contributed by atoms with E-state index in [1.54, 1.807) is 25.1 Å². The van der Waals surface area contributed by atoms with Crippen LogP contribution in [-0.4, -0.2) is 37.4 Å². The van der Waals surface area contributed by atoms with E-state index >= 15 is 0 Å². The molecule has 156 valence electrons. The number of anilines is 1. The first-order valence-electron chi connectivity index (χ1n) is 9.42. The zero-order chi connectivity index (χ0) is 21.1. The molecule has 0 saturated carbocycles. The zero-order valence-electron chi connectivity index (χ0n) is 16.1. The van der Waals surface area contributed by atoms with E-state index in [1.165, 1.54) is 17.6 Å². The molecule has 4 rings (SSSR count). The van der Waals surface area contributed by atoms with Crippen LogP contribution in [0.25, 0.3) is 0 Å². The standard InChI is InChI=1S/C20H19N3O6S/c1-2-27-20(26)16-12-4-3-5-15(12)30-19(16)22-17(24)18(25)23-21-9-11-6-7-13-14(8-11)29-10-28-13/h6-9H,2-5,10H2,1H3,(H,22,24)(H,23,25)/b21-9+. The lowest BCUT2D eigenvalue weighted by molar-refractivity contribution is -0.136. The molecule has 1 aromatic heterocycles. The Labute approximate surface area is 176 Å². The molecule has 0 bridgehead atoms. The first-order valence-corrected chi connectivity index (χ1v) is 10.2. The summed E-state index contributed by atoms with van der Waals surface area (Å²) in [5, 5.41) is 6.65. The van der Waals surface area contributed by atoms with Crippen molar-refractivity contribution in [3.05, 3.63) is 39.8 Å². The summed E-state index contributed by atoms with van der Waals surface area (Å²) >= 11 is 1.30. The van der Waals surface area contributed by atoms with E-state index in [1.807, 2.05) is 0 Å². The number of carbonyl (C=O) groups excluding carboxylic acids is 3. The lowest BCUT2D eigenvalue weighted by Crippen LogP contribution is -2.32. The molecule has 2 heterocycles. The second kappa shape index (κ2) is 8.54. The number of esters is 1. The molecule has 0 atom stereocenters. The number of benzene rings is 1. The van der Waals surface area contributed by atoms with Crippen molar-refractivity contribution in [2.45, 2.75) is 26.2 Å². The predicted molar refractivity (Wildman–Crippen MR) is 109 cm³/mol. The Balaban J connectivity index is 1.40. The molecule has 10 heteroatoms. The molecule has 1 aliphatic heterocycles. The number of nitrogens with zero attached hydrogens (tertiary/aromatic N) is 1. The summed E-state index contributed by atoms with van der Waals surface area (Å²) in [6.45, 7) is 2.10. The van der Waals surface area contributed by atoms with Crippen molar-refractivity contribution in [2.75, 3.05) is 18.7 Å². The summed E-state index contributed by atoms with van der Waals surface area (Å²) in [6.07, 6.45) is 3.93. The van der Waals surface area contributed by atoms with Crippen LogP contribution in [-0.2, 0) is 27.2 Å². The summed E-state index contributed by atoms with van der Waals surface area (Å²) in [7, 11) is 0. The summed E-state index contributed by atoms with van der Waals surface area (Å²) in [5.74, 6) is -1.14. The Hall–Kier alpha value is -3.40. The highest BCUT2D eigenvalue weighted by Gasteiger charge is 2.29. The molecule has 0 fully saturated rings. The quantitative estimate of drug-likeness (QED) is 0.326. The third-order valence-electron chi connectivity index (χ3n) is 4.61. The van der Waals surface area contributed by atoms with Gasteiger partial charge in [0, 0.05) is 4.88 Å². The fourth-order valence-electron chi connectivity index (χ4n) is 3.28. The molecule has 30 heavy (non-hydrogen) atoms. The molecule has 0 spiro atoms. The fourth-order valence-corrected chi connectivity index (χ4v) is 4.55. The van der Waals surface area contributed by atoms with Gasteiger partial charge in [-0.25, -0.2) is 10.2 Å². The number of nitrogens with one attached hydrogen (secondary N) is 2. The van der Waals surface area contributed by atoms with E-state index in [0.29, 0.717) is 27.6 Å². The van der Waals surface area contributed by atoms with E-state index < -0.39 is 17.8 Å². The number of carbonyl (C=O) groups is 3. The van der Waals surface area contributed by atoms with Gasteiger partial charge in [-0.05, 0) is 55.5 Å². The monoisotopic (exact) mass is 429 g/mol. The zero-order valence-corrected chi connectivity index (χ0v) is 17.0. The Kier molecular flexibility index (Phi) is 5.66. The Morgan fingerprint density at radius 2 is 2.03 bits per heavy atom. The van der Waals surface area contributed by atoms with Crippen LogP contribution in [0.4, 0.5) is 5.00 Å². The van der Waals surface area contributed by atoms with Crippen molar-refractivity contribution in [1.29, 1.82) is 0 Å². The SMILES string of the molecule is CCOC(=O)c1c(NC(=O)C(=O)N/N=C/c2ccc3c(c2)OCO3)sc2c1CCC2. The highest BCUT2D eigenvalue weighted by molar-refractivity contribution is 7.17. The molecule has 0 unspecified atom stereocenters. The first kappa shape index (κ1) is 19.9. The van der Waals surface area contributed by atoms with Gasteiger partial charge in [-0.3, -0.25) is 9.59 Å².